The Kier molecular flexibility index (Phi) is 40.4. The molecule has 0 fully saturated rings. The number of carbonyl (C=O) groups is 3. The van der Waals surface area contributed by atoms with Crippen molar-refractivity contribution in [3.05, 3.63) is 0 Å². The van der Waals surface area contributed by atoms with E-state index in [0.717, 1.165) is 75.5 Å². The second kappa shape index (κ2) is 41.6. The molecule has 0 aromatic carbocycles. The van der Waals surface area contributed by atoms with Gasteiger partial charge in [-0.15, -0.1) is 0 Å². The summed E-state index contributed by atoms with van der Waals surface area (Å²) >= 11 is 0. The molecule has 0 bridgehead atoms. The lowest BCUT2D eigenvalue weighted by Crippen LogP contribution is -2.30. The van der Waals surface area contributed by atoms with Crippen LogP contribution < -0.4 is 0 Å². The van der Waals surface area contributed by atoms with Gasteiger partial charge in [-0.1, -0.05) is 228 Å². The van der Waals surface area contributed by atoms with Crippen LogP contribution in [-0.4, -0.2) is 37.2 Å². The van der Waals surface area contributed by atoms with E-state index in [2.05, 4.69) is 41.5 Å². The molecule has 0 saturated heterocycles. The van der Waals surface area contributed by atoms with E-state index in [0.29, 0.717) is 19.3 Å². The van der Waals surface area contributed by atoms with Crippen LogP contribution in [-0.2, 0) is 28.6 Å². The second-order valence-electron chi connectivity index (χ2n) is 18.3. The molecule has 0 aromatic rings. The summed E-state index contributed by atoms with van der Waals surface area (Å²) in [5.74, 6) is 1.61. The maximum absolute atomic E-state index is 12.8. The zero-order valence-electron chi connectivity index (χ0n) is 38.4. The summed E-state index contributed by atoms with van der Waals surface area (Å²) in [7, 11) is 0. The molecule has 0 aliphatic heterocycles. The number of unbranched alkanes of at least 4 members (excludes halogenated alkanes) is 25. The number of hydrogen-bond acceptors (Lipinski definition) is 6. The molecule has 0 spiro atoms. The van der Waals surface area contributed by atoms with Gasteiger partial charge < -0.3 is 14.2 Å². The van der Waals surface area contributed by atoms with Crippen molar-refractivity contribution < 1.29 is 28.6 Å². The molecule has 0 amide bonds. The quantitative estimate of drug-likeness (QED) is 0.0348. The summed E-state index contributed by atoms with van der Waals surface area (Å²) < 4.78 is 16.8. The predicted octanol–water partition coefficient (Wildman–Crippen LogP) is 15.6. The lowest BCUT2D eigenvalue weighted by atomic mass is 10.00. The SMILES string of the molecule is CCC(C)CCCCCCCCC(=O)OC[C@@H](COC(=O)CCCCCCCCCCCCCC(C)C)OC(=O)CCCCCCCCCCCCCC(C)C. The Balaban J connectivity index is 4.33. The second-order valence-corrected chi connectivity index (χ2v) is 18.3. The molecule has 0 aromatic heterocycles. The molecule has 2 atom stereocenters. The topological polar surface area (TPSA) is 78.9 Å². The average Bonchev–Trinajstić information content (AvgIpc) is 3.16. The fraction of sp³-hybridized carbons (Fsp3) is 0.940. The minimum atomic E-state index is -0.763. The fourth-order valence-electron chi connectivity index (χ4n) is 7.38. The van der Waals surface area contributed by atoms with E-state index in [1.807, 2.05) is 0 Å². The Bertz CT molecular complexity index is 870. The van der Waals surface area contributed by atoms with Crippen molar-refractivity contribution in [1.82, 2.24) is 0 Å². The van der Waals surface area contributed by atoms with Gasteiger partial charge in [-0.2, -0.15) is 0 Å². The maximum Gasteiger partial charge on any atom is 0.306 e. The van der Waals surface area contributed by atoms with E-state index in [1.165, 1.54) is 148 Å². The summed E-state index contributed by atoms with van der Waals surface area (Å²) in [5.41, 5.74) is 0. The third kappa shape index (κ3) is 42.0. The molecule has 0 aliphatic rings. The van der Waals surface area contributed by atoms with Gasteiger partial charge in [-0.25, -0.2) is 0 Å². The van der Waals surface area contributed by atoms with Gasteiger partial charge in [0.15, 0.2) is 6.10 Å². The van der Waals surface area contributed by atoms with Crippen molar-refractivity contribution in [2.75, 3.05) is 13.2 Å². The van der Waals surface area contributed by atoms with Crippen LogP contribution in [0.5, 0.6) is 0 Å². The van der Waals surface area contributed by atoms with Crippen LogP contribution in [0.15, 0.2) is 0 Å². The lowest BCUT2D eigenvalue weighted by molar-refractivity contribution is -0.167. The summed E-state index contributed by atoms with van der Waals surface area (Å²) in [4.78, 5) is 37.8. The predicted molar refractivity (Wildman–Crippen MR) is 238 cm³/mol. The van der Waals surface area contributed by atoms with Crippen molar-refractivity contribution in [2.45, 2.75) is 272 Å². The highest BCUT2D eigenvalue weighted by Gasteiger charge is 2.19. The van der Waals surface area contributed by atoms with Crippen LogP contribution in [0.1, 0.15) is 266 Å². The molecular formula is C50H96O6. The van der Waals surface area contributed by atoms with E-state index >= 15 is 0 Å². The highest BCUT2D eigenvalue weighted by Crippen LogP contribution is 2.18. The van der Waals surface area contributed by atoms with Crippen molar-refractivity contribution in [1.29, 1.82) is 0 Å². The van der Waals surface area contributed by atoms with E-state index in [-0.39, 0.29) is 31.1 Å². The number of esters is 3. The molecule has 0 aliphatic carbocycles. The zero-order chi connectivity index (χ0) is 41.3. The van der Waals surface area contributed by atoms with Crippen LogP contribution in [0.2, 0.25) is 0 Å². The van der Waals surface area contributed by atoms with E-state index in [4.69, 9.17) is 14.2 Å². The average molecular weight is 793 g/mol. The molecule has 0 radical (unpaired) electrons. The van der Waals surface area contributed by atoms with Crippen molar-refractivity contribution in [2.24, 2.45) is 17.8 Å². The summed E-state index contributed by atoms with van der Waals surface area (Å²) in [6.07, 6.45) is 39.5. The molecule has 332 valence electrons. The molecular weight excluding hydrogens is 697 g/mol. The van der Waals surface area contributed by atoms with Gasteiger partial charge in [-0.05, 0) is 37.0 Å². The smallest absolute Gasteiger partial charge is 0.306 e. The minimum Gasteiger partial charge on any atom is -0.462 e. The largest absolute Gasteiger partial charge is 0.462 e. The molecule has 0 saturated carbocycles. The van der Waals surface area contributed by atoms with E-state index in [1.54, 1.807) is 0 Å². The summed E-state index contributed by atoms with van der Waals surface area (Å²) in [6.45, 7) is 13.7. The van der Waals surface area contributed by atoms with Crippen LogP contribution in [0, 0.1) is 17.8 Å². The van der Waals surface area contributed by atoms with Gasteiger partial charge in [0, 0.05) is 19.3 Å². The monoisotopic (exact) mass is 793 g/mol. The third-order valence-corrected chi connectivity index (χ3v) is 11.5. The van der Waals surface area contributed by atoms with Crippen LogP contribution in [0.4, 0.5) is 0 Å². The van der Waals surface area contributed by atoms with Gasteiger partial charge in [0.2, 0.25) is 0 Å². The fourth-order valence-corrected chi connectivity index (χ4v) is 7.38. The number of rotatable bonds is 43. The van der Waals surface area contributed by atoms with E-state index in [9.17, 15) is 14.4 Å². The van der Waals surface area contributed by atoms with E-state index < -0.39 is 6.10 Å². The first-order chi connectivity index (χ1) is 27.1. The van der Waals surface area contributed by atoms with Crippen LogP contribution >= 0.6 is 0 Å². The number of ether oxygens (including phenoxy) is 3. The zero-order valence-corrected chi connectivity index (χ0v) is 38.4. The van der Waals surface area contributed by atoms with Gasteiger partial charge in [0.1, 0.15) is 13.2 Å². The highest BCUT2D eigenvalue weighted by molar-refractivity contribution is 5.71. The van der Waals surface area contributed by atoms with Crippen LogP contribution in [0.25, 0.3) is 0 Å². The Morgan fingerprint density at radius 3 is 0.929 bits per heavy atom. The Labute approximate surface area is 348 Å². The van der Waals surface area contributed by atoms with Crippen LogP contribution in [0.3, 0.4) is 0 Å². The summed E-state index contributed by atoms with van der Waals surface area (Å²) in [5, 5.41) is 0. The first-order valence-electron chi connectivity index (χ1n) is 24.6. The lowest BCUT2D eigenvalue weighted by Gasteiger charge is -2.18. The molecule has 6 heteroatoms. The first kappa shape index (κ1) is 54.4. The standard InChI is InChI=1S/C50H96O6/c1-7-46(6)38-32-26-22-23-28-34-40-49(52)55-43-47(56-50(53)41-35-29-21-17-13-9-11-15-19-25-31-37-45(4)5)42-54-48(51)39-33-27-20-16-12-8-10-14-18-24-30-36-44(2)3/h44-47H,7-43H2,1-6H3/t46?,47-/m1/s1. The van der Waals surface area contributed by atoms with Gasteiger partial charge in [-0.3, -0.25) is 14.4 Å². The summed E-state index contributed by atoms with van der Waals surface area (Å²) in [6, 6.07) is 0. The first-order valence-corrected chi connectivity index (χ1v) is 24.6. The maximum atomic E-state index is 12.8. The van der Waals surface area contributed by atoms with Gasteiger partial charge in [0.25, 0.3) is 0 Å². The minimum absolute atomic E-state index is 0.0658. The van der Waals surface area contributed by atoms with Crippen molar-refractivity contribution in [3.63, 3.8) is 0 Å². The highest BCUT2D eigenvalue weighted by atomic mass is 16.6. The Hall–Kier alpha value is -1.59. The molecule has 0 N–H and O–H groups in total. The molecule has 1 unspecified atom stereocenters. The van der Waals surface area contributed by atoms with Gasteiger partial charge >= 0.3 is 17.9 Å². The van der Waals surface area contributed by atoms with Crippen molar-refractivity contribution in [3.8, 4) is 0 Å². The number of hydrogen-bond donors (Lipinski definition) is 0. The normalized spacial score (nSPS) is 12.6. The number of carbonyl (C=O) groups excluding carboxylic acids is 3. The van der Waals surface area contributed by atoms with Gasteiger partial charge in [0.05, 0.1) is 0 Å². The Morgan fingerprint density at radius 1 is 0.357 bits per heavy atom. The third-order valence-electron chi connectivity index (χ3n) is 11.5. The molecule has 0 rings (SSSR count). The molecule has 6 nitrogen and oxygen atoms in total. The Morgan fingerprint density at radius 2 is 0.625 bits per heavy atom. The van der Waals surface area contributed by atoms with Crippen molar-refractivity contribution >= 4 is 17.9 Å². The molecule has 0 heterocycles. The molecule has 56 heavy (non-hydrogen) atoms.